The van der Waals surface area contributed by atoms with Gasteiger partial charge in [-0.2, -0.15) is 4.31 Å². The Kier molecular flexibility index (Phi) is 7.97. The summed E-state index contributed by atoms with van der Waals surface area (Å²) >= 11 is 1.69. The van der Waals surface area contributed by atoms with Gasteiger partial charge >= 0.3 is 0 Å². The molecule has 0 saturated carbocycles. The summed E-state index contributed by atoms with van der Waals surface area (Å²) < 4.78 is 26.4. The number of rotatable bonds is 10. The zero-order valence-electron chi connectivity index (χ0n) is 16.1. The van der Waals surface area contributed by atoms with E-state index in [4.69, 9.17) is 0 Å². The number of amides is 1. The second-order valence-electron chi connectivity index (χ2n) is 6.20. The highest BCUT2D eigenvalue weighted by atomic mass is 32.2. The van der Waals surface area contributed by atoms with Crippen LogP contribution < -0.4 is 10.2 Å². The first-order valence-electron chi connectivity index (χ1n) is 9.16. The van der Waals surface area contributed by atoms with E-state index in [1.807, 2.05) is 25.3 Å². The lowest BCUT2D eigenvalue weighted by Crippen LogP contribution is -3.11. The number of likely N-dealkylation sites (N-methyl/N-ethyl adjacent to an activating group) is 1. The maximum absolute atomic E-state index is 12.5. The Morgan fingerprint density at radius 1 is 1.11 bits per heavy atom. The van der Waals surface area contributed by atoms with Crippen molar-refractivity contribution in [3.63, 3.8) is 0 Å². The number of benzene rings is 1. The monoisotopic (exact) mass is 410 g/mol. The summed E-state index contributed by atoms with van der Waals surface area (Å²) in [7, 11) is -3.48. The van der Waals surface area contributed by atoms with Gasteiger partial charge in [-0.25, -0.2) is 8.42 Å². The van der Waals surface area contributed by atoms with Gasteiger partial charge in [0.15, 0.2) is 6.54 Å². The van der Waals surface area contributed by atoms with Crippen molar-refractivity contribution < 1.29 is 18.1 Å². The summed E-state index contributed by atoms with van der Waals surface area (Å²) in [6.07, 6.45) is 0. The SMILES string of the molecule is CCN(CC)S(=O)(=O)c1ccc(NC(=O)C[NH+](CC)Cc2cccs2)cc1. The van der Waals surface area contributed by atoms with Gasteiger partial charge < -0.3 is 10.2 Å². The normalized spacial score (nSPS) is 12.9. The Morgan fingerprint density at radius 2 is 1.78 bits per heavy atom. The Labute approximate surface area is 165 Å². The average molecular weight is 411 g/mol. The minimum atomic E-state index is -3.48. The Morgan fingerprint density at radius 3 is 2.30 bits per heavy atom. The number of thiophene rings is 1. The molecule has 0 aliphatic carbocycles. The number of nitrogens with zero attached hydrogens (tertiary/aromatic N) is 1. The number of anilines is 1. The molecule has 148 valence electrons. The van der Waals surface area contributed by atoms with Crippen molar-refractivity contribution in [3.8, 4) is 0 Å². The van der Waals surface area contributed by atoms with Crippen LogP contribution in [0.3, 0.4) is 0 Å². The minimum Gasteiger partial charge on any atom is -0.323 e. The molecule has 1 aromatic heterocycles. The molecule has 1 heterocycles. The van der Waals surface area contributed by atoms with E-state index in [1.165, 1.54) is 14.1 Å². The van der Waals surface area contributed by atoms with E-state index >= 15 is 0 Å². The molecule has 0 fully saturated rings. The van der Waals surface area contributed by atoms with Crippen LogP contribution in [0.2, 0.25) is 0 Å². The van der Waals surface area contributed by atoms with Crippen LogP contribution in [0.4, 0.5) is 5.69 Å². The highest BCUT2D eigenvalue weighted by Gasteiger charge is 2.21. The van der Waals surface area contributed by atoms with E-state index in [9.17, 15) is 13.2 Å². The molecule has 27 heavy (non-hydrogen) atoms. The van der Waals surface area contributed by atoms with E-state index in [0.29, 0.717) is 25.3 Å². The molecule has 2 N–H and O–H groups in total. The number of hydrogen-bond donors (Lipinski definition) is 2. The maximum atomic E-state index is 12.5. The summed E-state index contributed by atoms with van der Waals surface area (Å²) in [6.45, 7) is 8.58. The fraction of sp³-hybridized carbons (Fsp3) is 0.421. The van der Waals surface area contributed by atoms with Gasteiger partial charge in [0.25, 0.3) is 5.91 Å². The first kappa shape index (κ1) is 21.6. The number of quaternary nitrogens is 1. The molecular weight excluding hydrogens is 382 g/mol. The first-order chi connectivity index (χ1) is 12.9. The zero-order chi connectivity index (χ0) is 19.9. The van der Waals surface area contributed by atoms with Gasteiger partial charge in [0.05, 0.1) is 16.3 Å². The molecule has 1 atom stereocenters. The van der Waals surface area contributed by atoms with Gasteiger partial charge in [-0.1, -0.05) is 19.9 Å². The summed E-state index contributed by atoms with van der Waals surface area (Å²) in [6, 6.07) is 10.4. The second kappa shape index (κ2) is 9.98. The molecule has 6 nitrogen and oxygen atoms in total. The van der Waals surface area contributed by atoms with Crippen LogP contribution >= 0.6 is 11.3 Å². The van der Waals surface area contributed by atoms with E-state index in [1.54, 1.807) is 35.6 Å². The van der Waals surface area contributed by atoms with Gasteiger partial charge in [-0.3, -0.25) is 4.79 Å². The van der Waals surface area contributed by atoms with Crippen molar-refractivity contribution in [2.45, 2.75) is 32.2 Å². The lowest BCUT2D eigenvalue weighted by atomic mass is 10.3. The van der Waals surface area contributed by atoms with Crippen molar-refractivity contribution >= 4 is 33.0 Å². The quantitative estimate of drug-likeness (QED) is 0.628. The van der Waals surface area contributed by atoms with Crippen LogP contribution in [-0.2, 0) is 21.4 Å². The van der Waals surface area contributed by atoms with Crippen LogP contribution in [-0.4, -0.2) is 44.8 Å². The van der Waals surface area contributed by atoms with E-state index in [-0.39, 0.29) is 10.8 Å². The van der Waals surface area contributed by atoms with Crippen molar-refractivity contribution in [3.05, 3.63) is 46.7 Å². The number of nitrogens with one attached hydrogen (secondary N) is 2. The Bertz CT molecular complexity index is 814. The summed E-state index contributed by atoms with van der Waals surface area (Å²) in [5.74, 6) is -0.0808. The molecule has 8 heteroatoms. The van der Waals surface area contributed by atoms with Crippen molar-refractivity contribution in [1.29, 1.82) is 0 Å². The molecule has 2 rings (SSSR count). The number of carbonyl (C=O) groups excluding carboxylic acids is 1. The molecule has 0 bridgehead atoms. The third-order valence-electron chi connectivity index (χ3n) is 4.40. The molecule has 0 radical (unpaired) electrons. The lowest BCUT2D eigenvalue weighted by Gasteiger charge is -2.19. The van der Waals surface area contributed by atoms with Crippen molar-refractivity contribution in [1.82, 2.24) is 4.31 Å². The fourth-order valence-electron chi connectivity index (χ4n) is 2.83. The van der Waals surface area contributed by atoms with E-state index in [0.717, 1.165) is 13.1 Å². The molecular formula is C19H28N3O3S2+. The predicted molar refractivity (Wildman–Crippen MR) is 110 cm³/mol. The van der Waals surface area contributed by atoms with Crippen LogP contribution in [0.1, 0.15) is 25.6 Å². The standard InChI is InChI=1S/C19H27N3O3S2/c1-4-21(14-17-8-7-13-26-17)15-19(23)20-16-9-11-18(12-10-16)27(24,25)22(5-2)6-3/h7-13H,4-6,14-15H2,1-3H3,(H,20,23)/p+1. The van der Waals surface area contributed by atoms with E-state index < -0.39 is 10.0 Å². The van der Waals surface area contributed by atoms with Crippen LogP contribution in [0.5, 0.6) is 0 Å². The van der Waals surface area contributed by atoms with Crippen molar-refractivity contribution in [2.24, 2.45) is 0 Å². The van der Waals surface area contributed by atoms with Crippen LogP contribution in [0.25, 0.3) is 0 Å². The molecule has 0 aliphatic heterocycles. The smallest absolute Gasteiger partial charge is 0.279 e. The van der Waals surface area contributed by atoms with Crippen LogP contribution in [0.15, 0.2) is 46.7 Å². The zero-order valence-corrected chi connectivity index (χ0v) is 17.7. The number of hydrogen-bond acceptors (Lipinski definition) is 4. The topological polar surface area (TPSA) is 70.9 Å². The average Bonchev–Trinajstić information content (AvgIpc) is 3.15. The third kappa shape index (κ3) is 5.87. The fourth-order valence-corrected chi connectivity index (χ4v) is 5.06. The maximum Gasteiger partial charge on any atom is 0.279 e. The highest BCUT2D eigenvalue weighted by molar-refractivity contribution is 7.89. The molecule has 1 amide bonds. The third-order valence-corrected chi connectivity index (χ3v) is 7.34. The van der Waals surface area contributed by atoms with Gasteiger partial charge in [0.2, 0.25) is 10.0 Å². The molecule has 2 aromatic rings. The first-order valence-corrected chi connectivity index (χ1v) is 11.5. The molecule has 0 aliphatic rings. The summed E-state index contributed by atoms with van der Waals surface area (Å²) in [5, 5.41) is 4.90. The van der Waals surface area contributed by atoms with Crippen LogP contribution in [0, 0.1) is 0 Å². The summed E-state index contributed by atoms with van der Waals surface area (Å²) in [4.78, 5) is 15.0. The Balaban J connectivity index is 1.98. The van der Waals surface area contributed by atoms with Crippen molar-refractivity contribution in [2.75, 3.05) is 31.5 Å². The molecule has 0 spiro atoms. The summed E-state index contributed by atoms with van der Waals surface area (Å²) in [5.41, 5.74) is 0.602. The van der Waals surface area contributed by atoms with E-state index in [2.05, 4.69) is 18.3 Å². The molecule has 1 unspecified atom stereocenters. The minimum absolute atomic E-state index is 0.0808. The van der Waals surface area contributed by atoms with Gasteiger partial charge in [0, 0.05) is 18.8 Å². The largest absolute Gasteiger partial charge is 0.323 e. The number of sulfonamides is 1. The number of carbonyl (C=O) groups is 1. The Hall–Kier alpha value is -1.74. The highest BCUT2D eigenvalue weighted by Crippen LogP contribution is 2.18. The lowest BCUT2D eigenvalue weighted by molar-refractivity contribution is -0.903. The second-order valence-corrected chi connectivity index (χ2v) is 9.17. The molecule has 0 saturated heterocycles. The van der Waals surface area contributed by atoms with Gasteiger partial charge in [0.1, 0.15) is 6.54 Å². The van der Waals surface area contributed by atoms with Gasteiger partial charge in [-0.05, 0) is 42.6 Å². The predicted octanol–water partition coefficient (Wildman–Crippen LogP) is 1.82. The van der Waals surface area contributed by atoms with Gasteiger partial charge in [-0.15, -0.1) is 11.3 Å². The molecule has 1 aromatic carbocycles.